The Morgan fingerprint density at radius 3 is 2.22 bits per heavy atom. The Kier molecular flexibility index (Phi) is 13.8. The Labute approximate surface area is 63.3 Å². The van der Waals surface area contributed by atoms with Crippen LogP contribution in [0.15, 0.2) is 0 Å². The second-order valence-corrected chi connectivity index (χ2v) is 0.887. The van der Waals surface area contributed by atoms with Gasteiger partial charge in [-0.3, -0.25) is 0 Å². The molecule has 0 bridgehead atoms. The van der Waals surface area contributed by atoms with Crippen molar-refractivity contribution in [3.8, 4) is 0 Å². The van der Waals surface area contributed by atoms with Crippen LogP contribution in [-0.4, -0.2) is 38.1 Å². The summed E-state index contributed by atoms with van der Waals surface area (Å²) in [6.07, 6.45) is -0.623. The van der Waals surface area contributed by atoms with Crippen molar-refractivity contribution < 1.29 is 17.6 Å². The van der Waals surface area contributed by atoms with Crippen LogP contribution in [0.5, 0.6) is 0 Å². The number of hydrogen-bond donors (Lipinski definition) is 0. The number of ether oxygens (including phenoxy) is 2. The van der Waals surface area contributed by atoms with Gasteiger partial charge in [0.1, 0.15) is 0 Å². The molecule has 5 heteroatoms. The van der Waals surface area contributed by atoms with Crippen LogP contribution in [0.25, 0.3) is 0 Å². The van der Waals surface area contributed by atoms with Crippen LogP contribution in [-0.2, 0) is 9.47 Å². The molecule has 9 heavy (non-hydrogen) atoms. The zero-order chi connectivity index (χ0) is 7.70. The number of halogens is 1. The van der Waals surface area contributed by atoms with E-state index in [4.69, 9.17) is 0 Å². The SMILES string of the molecule is CCOC(=O)OC.[Li][F]. The molecule has 0 aliphatic rings. The molecule has 0 aliphatic carbocycles. The summed E-state index contributed by atoms with van der Waals surface area (Å²) >= 11 is 0.500. The third-order valence-corrected chi connectivity index (χ3v) is 0.429. The number of carbonyl (C=O) groups is 1. The molecule has 0 saturated carbocycles. The Balaban J connectivity index is 0. The van der Waals surface area contributed by atoms with Gasteiger partial charge in [0.05, 0.1) is 13.7 Å². The predicted octanol–water partition coefficient (Wildman–Crippen LogP) is 0.829. The van der Waals surface area contributed by atoms with Crippen molar-refractivity contribution in [2.75, 3.05) is 13.7 Å². The third kappa shape index (κ3) is 11.4. The van der Waals surface area contributed by atoms with Crippen molar-refractivity contribution in [1.82, 2.24) is 0 Å². The molecule has 0 aromatic carbocycles. The van der Waals surface area contributed by atoms with Crippen LogP contribution in [0.4, 0.5) is 8.17 Å². The van der Waals surface area contributed by atoms with Gasteiger partial charge in [-0.25, -0.2) is 4.79 Å². The van der Waals surface area contributed by atoms with E-state index >= 15 is 0 Å². The van der Waals surface area contributed by atoms with E-state index in [0.29, 0.717) is 24.8 Å². The van der Waals surface area contributed by atoms with Crippen LogP contribution in [0, 0.1) is 0 Å². The zero-order valence-corrected chi connectivity index (χ0v) is 5.81. The molecule has 0 spiro atoms. The standard InChI is InChI=1S/C4H8O3.FH.Li/c1-3-7-4(5)6-2;;/h3H2,1-2H3;1H;/q;;+1/p-1. The minimum atomic E-state index is -0.623. The van der Waals surface area contributed by atoms with E-state index in [0.717, 1.165) is 0 Å². The molecule has 0 aromatic heterocycles. The second kappa shape index (κ2) is 10.7. The second-order valence-electron chi connectivity index (χ2n) is 0.887. The van der Waals surface area contributed by atoms with Crippen LogP contribution < -0.4 is 0 Å². The van der Waals surface area contributed by atoms with E-state index in [1.807, 2.05) is 0 Å². The Bertz CT molecular complexity index is 68.8. The minimum absolute atomic E-state index is 0.368. The fourth-order valence-corrected chi connectivity index (χ4v) is 0.177. The Hall–Kier alpha value is -0.203. The van der Waals surface area contributed by atoms with E-state index in [1.165, 1.54) is 7.11 Å². The van der Waals surface area contributed by atoms with Crippen molar-refractivity contribution in [1.29, 1.82) is 0 Å². The first-order valence-corrected chi connectivity index (χ1v) is 2.39. The van der Waals surface area contributed by atoms with Crippen LogP contribution in [0.3, 0.4) is 0 Å². The first-order valence-electron chi connectivity index (χ1n) is 2.39. The van der Waals surface area contributed by atoms with E-state index in [-0.39, 0.29) is 0 Å². The summed E-state index contributed by atoms with van der Waals surface area (Å²) in [5.74, 6) is 0. The topological polar surface area (TPSA) is 35.5 Å². The Morgan fingerprint density at radius 2 is 2.11 bits per heavy atom. The molecule has 50 valence electrons. The van der Waals surface area contributed by atoms with Gasteiger partial charge < -0.3 is 9.47 Å². The molecule has 0 radical (unpaired) electrons. The van der Waals surface area contributed by atoms with Gasteiger partial charge in [0.2, 0.25) is 0 Å². The van der Waals surface area contributed by atoms with Crippen LogP contribution >= 0.6 is 0 Å². The van der Waals surface area contributed by atoms with Crippen molar-refractivity contribution in [3.05, 3.63) is 0 Å². The van der Waals surface area contributed by atoms with Gasteiger partial charge in [0, 0.05) is 0 Å². The normalized spacial score (nSPS) is 6.78. The van der Waals surface area contributed by atoms with Crippen molar-refractivity contribution >= 4 is 24.4 Å². The Morgan fingerprint density at radius 1 is 1.67 bits per heavy atom. The summed E-state index contributed by atoms with van der Waals surface area (Å²) in [6, 6.07) is 0. The first kappa shape index (κ1) is 11.6. The molecule has 0 aromatic rings. The molecule has 3 nitrogen and oxygen atoms in total. The van der Waals surface area contributed by atoms with Gasteiger partial charge in [0.15, 0.2) is 0 Å². The average molecular weight is 130 g/mol. The molecule has 0 unspecified atom stereocenters. The van der Waals surface area contributed by atoms with E-state index < -0.39 is 6.16 Å². The first-order chi connectivity index (χ1) is 4.31. The zero-order valence-electron chi connectivity index (χ0n) is 5.81. The van der Waals surface area contributed by atoms with Gasteiger partial charge in [-0.05, 0) is 6.92 Å². The number of rotatable bonds is 1. The van der Waals surface area contributed by atoms with Crippen LogP contribution in [0.2, 0.25) is 0 Å². The van der Waals surface area contributed by atoms with Gasteiger partial charge in [-0.15, -0.1) is 0 Å². The molecule has 0 fully saturated rings. The summed E-state index contributed by atoms with van der Waals surface area (Å²) in [7, 11) is 1.28. The van der Waals surface area contributed by atoms with Gasteiger partial charge in [0.25, 0.3) is 0 Å². The molecule has 0 atom stereocenters. The van der Waals surface area contributed by atoms with E-state index in [1.54, 1.807) is 6.92 Å². The summed E-state index contributed by atoms with van der Waals surface area (Å²) < 4.78 is 18.0. The van der Waals surface area contributed by atoms with Crippen molar-refractivity contribution in [3.63, 3.8) is 0 Å². The molecule has 0 amide bonds. The molecular formula is C4H8FLiO3. The number of methoxy groups -OCH3 is 1. The predicted molar refractivity (Wildman–Crippen MR) is 30.9 cm³/mol. The molecule has 0 heterocycles. The number of carbonyl (C=O) groups excluding carboxylic acids is 1. The van der Waals surface area contributed by atoms with Gasteiger partial charge in [-0.2, -0.15) is 0 Å². The fraction of sp³-hybridized carbons (Fsp3) is 0.750. The van der Waals surface area contributed by atoms with Crippen molar-refractivity contribution in [2.45, 2.75) is 6.92 Å². The molecule has 0 rings (SSSR count). The summed E-state index contributed by atoms with van der Waals surface area (Å²) in [5.41, 5.74) is 0. The van der Waals surface area contributed by atoms with E-state index in [9.17, 15) is 8.17 Å². The summed E-state index contributed by atoms with van der Waals surface area (Å²) in [4.78, 5) is 9.97. The summed E-state index contributed by atoms with van der Waals surface area (Å²) in [5, 5.41) is 0. The molecule has 0 N–H and O–H groups in total. The van der Waals surface area contributed by atoms with Crippen LogP contribution in [0.1, 0.15) is 6.92 Å². The third-order valence-electron chi connectivity index (χ3n) is 0.429. The van der Waals surface area contributed by atoms with Gasteiger partial charge >= 0.3 is 27.7 Å². The van der Waals surface area contributed by atoms with Gasteiger partial charge in [-0.1, -0.05) is 0 Å². The number of hydrogen-bond acceptors (Lipinski definition) is 3. The maximum absolute atomic E-state index is 9.97. The monoisotopic (exact) mass is 130 g/mol. The average Bonchev–Trinajstić information content (AvgIpc) is 1.93. The van der Waals surface area contributed by atoms with E-state index in [2.05, 4.69) is 9.47 Å². The quantitative estimate of drug-likeness (QED) is 0.389. The molecular weight excluding hydrogens is 122 g/mol. The molecule has 0 saturated heterocycles. The maximum atomic E-state index is 9.97. The van der Waals surface area contributed by atoms with Crippen molar-refractivity contribution in [2.24, 2.45) is 0 Å². The summed E-state index contributed by atoms with van der Waals surface area (Å²) in [6.45, 7) is 2.09. The fourth-order valence-electron chi connectivity index (χ4n) is 0.177. The molecule has 0 aliphatic heterocycles.